The van der Waals surface area contributed by atoms with Gasteiger partial charge in [0.05, 0.1) is 6.61 Å². The van der Waals surface area contributed by atoms with Gasteiger partial charge in [0.25, 0.3) is 0 Å². The molecular weight excluding hydrogens is 424 g/mol. The van der Waals surface area contributed by atoms with Crippen LogP contribution in [0.1, 0.15) is 45.4 Å². The van der Waals surface area contributed by atoms with Gasteiger partial charge in [-0.05, 0) is 19.3 Å². The smallest absolute Gasteiger partial charge is 0.338 e. The van der Waals surface area contributed by atoms with Crippen LogP contribution in [-0.2, 0) is 14.3 Å². The van der Waals surface area contributed by atoms with E-state index >= 15 is 0 Å². The van der Waals surface area contributed by atoms with Gasteiger partial charge in [0, 0.05) is 12.3 Å². The quantitative estimate of drug-likeness (QED) is 0.0936. The fourth-order valence-electron chi connectivity index (χ4n) is 3.45. The highest BCUT2D eigenvalue weighted by atomic mass is 16.6. The Bertz CT molecular complexity index is 651. The van der Waals surface area contributed by atoms with E-state index in [-0.39, 0.29) is 6.42 Å². The lowest BCUT2D eigenvalue weighted by Crippen LogP contribution is -2.52. The van der Waals surface area contributed by atoms with Crippen molar-refractivity contribution in [2.75, 3.05) is 6.61 Å². The fraction of sp³-hybridized carbons (Fsp3) is 0.727. The first kappa shape index (κ1) is 28.4. The molecule has 1 saturated carbocycles. The van der Waals surface area contributed by atoms with Crippen LogP contribution in [0, 0.1) is 5.92 Å². The van der Waals surface area contributed by atoms with Gasteiger partial charge in [-0.1, -0.05) is 44.6 Å². The Hall–Kier alpha value is -1.66. The average molecular weight is 461 g/mol. The van der Waals surface area contributed by atoms with Crippen LogP contribution in [0.2, 0.25) is 0 Å². The number of unbranched alkanes of at least 4 members (excludes halogenated alkanes) is 2. The van der Waals surface area contributed by atoms with Crippen LogP contribution >= 0.6 is 0 Å². The zero-order chi connectivity index (χ0) is 24.5. The second kappa shape index (κ2) is 13.1. The zero-order valence-electron chi connectivity index (χ0n) is 18.3. The van der Waals surface area contributed by atoms with Crippen LogP contribution in [0.4, 0.5) is 0 Å². The molecule has 0 aromatic heterocycles. The van der Waals surface area contributed by atoms with Gasteiger partial charge >= 0.3 is 5.97 Å². The number of hydrogen-bond acceptors (Lipinski definition) is 10. The van der Waals surface area contributed by atoms with Crippen LogP contribution in [0.3, 0.4) is 0 Å². The van der Waals surface area contributed by atoms with E-state index in [9.17, 15) is 40.2 Å². The summed E-state index contributed by atoms with van der Waals surface area (Å²) in [6, 6.07) is 0. The van der Waals surface area contributed by atoms with Gasteiger partial charge in [-0.15, -0.1) is 0 Å². The second-order valence-electron chi connectivity index (χ2n) is 8.20. The number of carbonyl (C=O) groups excluding carboxylic acids is 2. The highest BCUT2D eigenvalue weighted by Gasteiger charge is 2.42. The van der Waals surface area contributed by atoms with Crippen molar-refractivity contribution in [3.63, 3.8) is 0 Å². The summed E-state index contributed by atoms with van der Waals surface area (Å²) in [5, 5.41) is 68.1. The third-order valence-corrected chi connectivity index (χ3v) is 5.69. The van der Waals surface area contributed by atoms with Gasteiger partial charge in [0.2, 0.25) is 0 Å². The molecule has 0 aromatic carbocycles. The fourth-order valence-corrected chi connectivity index (χ4v) is 3.45. The predicted octanol–water partition coefficient (Wildman–Crippen LogP) is -1.27. The van der Waals surface area contributed by atoms with E-state index in [1.807, 2.05) is 6.92 Å². The van der Waals surface area contributed by atoms with Crippen LogP contribution < -0.4 is 0 Å². The van der Waals surface area contributed by atoms with E-state index in [4.69, 9.17) is 9.84 Å². The van der Waals surface area contributed by atoms with E-state index in [1.54, 1.807) is 6.08 Å². The molecule has 10 nitrogen and oxygen atoms in total. The van der Waals surface area contributed by atoms with Gasteiger partial charge in [-0.25, -0.2) is 4.79 Å². The normalized spacial score (nSPS) is 25.7. The molecule has 1 aliphatic carbocycles. The lowest BCUT2D eigenvalue weighted by atomic mass is 9.93. The first-order chi connectivity index (χ1) is 15.0. The molecule has 184 valence electrons. The van der Waals surface area contributed by atoms with Gasteiger partial charge in [-0.2, -0.15) is 0 Å². The number of ketones is 1. The summed E-state index contributed by atoms with van der Waals surface area (Å²) in [6.45, 7) is 4.75. The minimum absolute atomic E-state index is 0.109. The summed E-state index contributed by atoms with van der Waals surface area (Å²) in [5.41, 5.74) is -1.28. The SMILES string of the molecule is C=CC(O)(C=C[C@H]1CCC(=O)[C@@H]1OC(=O)C(O)C(O)C(O)C(O)C(O)CO)CCCCC. The van der Waals surface area contributed by atoms with Crippen molar-refractivity contribution in [1.82, 2.24) is 0 Å². The van der Waals surface area contributed by atoms with Crippen LogP contribution in [0.5, 0.6) is 0 Å². The number of hydrogen-bond donors (Lipinski definition) is 7. The van der Waals surface area contributed by atoms with Crippen LogP contribution in [0.15, 0.2) is 24.8 Å². The van der Waals surface area contributed by atoms with Gasteiger partial charge in [0.1, 0.15) is 30.0 Å². The van der Waals surface area contributed by atoms with Gasteiger partial charge in [-0.3, -0.25) is 4.79 Å². The van der Waals surface area contributed by atoms with Crippen molar-refractivity contribution in [2.45, 2.75) is 87.7 Å². The Kier molecular flexibility index (Phi) is 11.7. The summed E-state index contributed by atoms with van der Waals surface area (Å²) < 4.78 is 5.07. The molecule has 0 radical (unpaired) electrons. The number of ether oxygens (including phenoxy) is 1. The second-order valence-corrected chi connectivity index (χ2v) is 8.20. The van der Waals surface area contributed by atoms with Gasteiger partial charge in [0.15, 0.2) is 18.0 Å². The number of rotatable bonds is 14. The summed E-state index contributed by atoms with van der Waals surface area (Å²) in [6.07, 6.45) is -3.79. The molecular formula is C22H36O10. The lowest BCUT2D eigenvalue weighted by Gasteiger charge is -2.28. The molecule has 6 unspecified atom stereocenters. The summed E-state index contributed by atoms with van der Waals surface area (Å²) >= 11 is 0. The van der Waals surface area contributed by atoms with Crippen molar-refractivity contribution in [2.24, 2.45) is 5.92 Å². The average Bonchev–Trinajstić information content (AvgIpc) is 3.14. The maximum atomic E-state index is 12.3. The minimum Gasteiger partial charge on any atom is -0.452 e. The topological polar surface area (TPSA) is 185 Å². The summed E-state index contributed by atoms with van der Waals surface area (Å²) in [7, 11) is 0. The third-order valence-electron chi connectivity index (χ3n) is 5.69. The predicted molar refractivity (Wildman–Crippen MR) is 113 cm³/mol. The molecule has 0 heterocycles. The largest absolute Gasteiger partial charge is 0.452 e. The standard InChI is InChI=1S/C22H36O10/c1-3-5-6-10-22(31,4-2)11-9-13-7-8-14(24)20(13)32-21(30)19(29)18(28)17(27)16(26)15(25)12-23/h4,9,11,13,15-20,23,25-29,31H,2-3,5-8,10,12H2,1H3/t13-,15?,16?,17?,18?,19?,20-,22?/m1/s1. The third kappa shape index (κ3) is 7.73. The molecule has 0 aliphatic heterocycles. The number of aliphatic hydroxyl groups excluding tert-OH is 6. The van der Waals surface area contributed by atoms with Crippen molar-refractivity contribution < 1.29 is 50.1 Å². The van der Waals surface area contributed by atoms with E-state index < -0.39 is 66.5 Å². The van der Waals surface area contributed by atoms with Crippen molar-refractivity contribution in [3.05, 3.63) is 24.8 Å². The summed E-state index contributed by atoms with van der Waals surface area (Å²) in [4.78, 5) is 24.5. The number of Topliss-reactive ketones (excluding diaryl/α,β-unsaturated/α-hetero) is 1. The Labute approximate surface area is 187 Å². The van der Waals surface area contributed by atoms with E-state index in [0.717, 1.165) is 19.3 Å². The molecule has 0 bridgehead atoms. The van der Waals surface area contributed by atoms with E-state index in [1.165, 1.54) is 12.2 Å². The molecule has 10 heteroatoms. The zero-order valence-corrected chi connectivity index (χ0v) is 18.3. The van der Waals surface area contributed by atoms with E-state index in [2.05, 4.69) is 6.58 Å². The Balaban J connectivity index is 2.82. The molecule has 32 heavy (non-hydrogen) atoms. The van der Waals surface area contributed by atoms with Crippen LogP contribution in [0.25, 0.3) is 0 Å². The number of aliphatic hydroxyl groups is 7. The Morgan fingerprint density at radius 2 is 1.84 bits per heavy atom. The Morgan fingerprint density at radius 1 is 1.19 bits per heavy atom. The number of carbonyl (C=O) groups is 2. The maximum absolute atomic E-state index is 12.3. The monoisotopic (exact) mass is 460 g/mol. The molecule has 0 aromatic rings. The molecule has 8 atom stereocenters. The first-order valence-corrected chi connectivity index (χ1v) is 10.8. The summed E-state index contributed by atoms with van der Waals surface area (Å²) in [5.74, 6) is -2.37. The highest BCUT2D eigenvalue weighted by molar-refractivity contribution is 5.89. The molecule has 1 aliphatic rings. The molecule has 0 amide bonds. The first-order valence-electron chi connectivity index (χ1n) is 10.8. The molecule has 1 rings (SSSR count). The van der Waals surface area contributed by atoms with Crippen molar-refractivity contribution in [1.29, 1.82) is 0 Å². The molecule has 7 N–H and O–H groups in total. The van der Waals surface area contributed by atoms with E-state index in [0.29, 0.717) is 12.8 Å². The number of esters is 1. The maximum Gasteiger partial charge on any atom is 0.338 e. The molecule has 0 saturated heterocycles. The highest BCUT2D eigenvalue weighted by Crippen LogP contribution is 2.29. The Morgan fingerprint density at radius 3 is 2.41 bits per heavy atom. The molecule has 1 fully saturated rings. The van der Waals surface area contributed by atoms with Crippen LogP contribution in [-0.4, -0.2) is 96.3 Å². The minimum atomic E-state index is -2.32. The van der Waals surface area contributed by atoms with Crippen molar-refractivity contribution in [3.8, 4) is 0 Å². The lowest BCUT2D eigenvalue weighted by molar-refractivity contribution is -0.180. The van der Waals surface area contributed by atoms with Gasteiger partial charge < -0.3 is 40.5 Å². The molecule has 0 spiro atoms. The van der Waals surface area contributed by atoms with Crippen molar-refractivity contribution >= 4 is 11.8 Å².